The van der Waals surface area contributed by atoms with Crippen LogP contribution < -0.4 is 4.74 Å². The number of halogens is 1. The number of nitrogens with zero attached hydrogens (tertiary/aromatic N) is 1. The summed E-state index contributed by atoms with van der Waals surface area (Å²) in [4.78, 5) is 13.6. The van der Waals surface area contributed by atoms with Crippen molar-refractivity contribution in [1.29, 1.82) is 0 Å². The maximum atomic E-state index is 14.3. The van der Waals surface area contributed by atoms with E-state index in [1.165, 1.54) is 13.2 Å². The Morgan fingerprint density at radius 3 is 2.69 bits per heavy atom. The topological polar surface area (TPSA) is 49.8 Å². The van der Waals surface area contributed by atoms with E-state index in [1.54, 1.807) is 6.07 Å². The van der Waals surface area contributed by atoms with Gasteiger partial charge in [-0.25, -0.2) is 4.39 Å². The van der Waals surface area contributed by atoms with Crippen molar-refractivity contribution in [3.63, 3.8) is 0 Å². The van der Waals surface area contributed by atoms with Gasteiger partial charge in [-0.3, -0.25) is 9.69 Å². The lowest BCUT2D eigenvalue weighted by Gasteiger charge is -2.37. The number of aliphatic carboxylic acids is 1. The van der Waals surface area contributed by atoms with Crippen LogP contribution in [0.3, 0.4) is 0 Å². The van der Waals surface area contributed by atoms with Gasteiger partial charge < -0.3 is 9.84 Å². The molecule has 0 radical (unpaired) electrons. The van der Waals surface area contributed by atoms with Gasteiger partial charge in [0.15, 0.2) is 11.6 Å². The van der Waals surface area contributed by atoms with Gasteiger partial charge in [-0.15, -0.1) is 0 Å². The van der Waals surface area contributed by atoms with E-state index in [9.17, 15) is 14.3 Å². The summed E-state index contributed by atoms with van der Waals surface area (Å²) in [5.41, 5.74) is 2.97. The van der Waals surface area contributed by atoms with E-state index >= 15 is 0 Å². The van der Waals surface area contributed by atoms with Crippen molar-refractivity contribution in [2.45, 2.75) is 25.8 Å². The molecule has 0 saturated carbocycles. The molecule has 5 heteroatoms. The Hall–Kier alpha value is -2.40. The van der Waals surface area contributed by atoms with Crippen molar-refractivity contribution in [2.75, 3.05) is 20.2 Å². The minimum Gasteiger partial charge on any atom is -0.494 e. The van der Waals surface area contributed by atoms with Gasteiger partial charge in [-0.05, 0) is 49.6 Å². The lowest BCUT2D eigenvalue weighted by molar-refractivity contribution is -0.143. The van der Waals surface area contributed by atoms with Gasteiger partial charge in [0.1, 0.15) is 0 Å². The zero-order chi connectivity index (χ0) is 18.7. The highest BCUT2D eigenvalue weighted by Gasteiger charge is 2.31. The molecule has 4 nitrogen and oxygen atoms in total. The molecule has 0 bridgehead atoms. The number of benzene rings is 2. The van der Waals surface area contributed by atoms with Gasteiger partial charge in [0.2, 0.25) is 0 Å². The molecule has 2 unspecified atom stereocenters. The quantitative estimate of drug-likeness (QED) is 0.878. The summed E-state index contributed by atoms with van der Waals surface area (Å²) in [7, 11) is 1.44. The number of likely N-dealkylation sites (tertiary alicyclic amines) is 1. The third-order valence-electron chi connectivity index (χ3n) is 5.02. The van der Waals surface area contributed by atoms with Crippen LogP contribution in [0.1, 0.15) is 35.6 Å². The summed E-state index contributed by atoms with van der Waals surface area (Å²) in [6.45, 7) is 3.27. The summed E-state index contributed by atoms with van der Waals surface area (Å²) in [5, 5.41) is 9.43. The van der Waals surface area contributed by atoms with E-state index in [0.29, 0.717) is 13.0 Å². The molecule has 138 valence electrons. The van der Waals surface area contributed by atoms with Crippen LogP contribution in [0.5, 0.6) is 5.75 Å². The molecule has 1 saturated heterocycles. The molecule has 1 heterocycles. The summed E-state index contributed by atoms with van der Waals surface area (Å²) in [5.74, 6) is -1.36. The first kappa shape index (κ1) is 18.4. The third kappa shape index (κ3) is 3.88. The normalized spacial score (nSPS) is 19.1. The van der Waals surface area contributed by atoms with Gasteiger partial charge in [-0.1, -0.05) is 35.9 Å². The molecular formula is C21H24FNO3. The van der Waals surface area contributed by atoms with E-state index in [-0.39, 0.29) is 17.7 Å². The molecule has 2 aromatic carbocycles. The third-order valence-corrected chi connectivity index (χ3v) is 5.02. The largest absolute Gasteiger partial charge is 0.494 e. The van der Waals surface area contributed by atoms with Crippen LogP contribution >= 0.6 is 0 Å². The number of piperidine rings is 1. The predicted molar refractivity (Wildman–Crippen MR) is 97.9 cm³/mol. The molecule has 1 fully saturated rings. The number of carboxylic acid groups (broad SMARTS) is 1. The second-order valence-electron chi connectivity index (χ2n) is 6.88. The summed E-state index contributed by atoms with van der Waals surface area (Å²) in [6, 6.07) is 12.9. The highest BCUT2D eigenvalue weighted by atomic mass is 19.1. The average molecular weight is 357 g/mol. The first-order valence-corrected chi connectivity index (χ1v) is 8.86. The smallest absolute Gasteiger partial charge is 0.307 e. The van der Waals surface area contributed by atoms with Crippen molar-refractivity contribution in [1.82, 2.24) is 4.90 Å². The number of hydrogen-bond acceptors (Lipinski definition) is 3. The Morgan fingerprint density at radius 2 is 2.04 bits per heavy atom. The summed E-state index contributed by atoms with van der Waals surface area (Å²) in [6.07, 6.45) is 1.50. The number of rotatable bonds is 5. The molecule has 1 aliphatic rings. The lowest BCUT2D eigenvalue weighted by Crippen LogP contribution is -2.41. The van der Waals surface area contributed by atoms with Crippen LogP contribution in [0.2, 0.25) is 0 Å². The molecule has 1 N–H and O–H groups in total. The first-order valence-electron chi connectivity index (χ1n) is 8.86. The van der Waals surface area contributed by atoms with Crippen LogP contribution in [0.4, 0.5) is 4.39 Å². The van der Waals surface area contributed by atoms with E-state index in [1.807, 2.05) is 31.2 Å². The fourth-order valence-electron chi connectivity index (χ4n) is 3.75. The number of hydrogen-bond donors (Lipinski definition) is 1. The lowest BCUT2D eigenvalue weighted by atomic mass is 9.91. The molecule has 0 aromatic heterocycles. The summed E-state index contributed by atoms with van der Waals surface area (Å²) >= 11 is 0. The van der Waals surface area contributed by atoms with Crippen molar-refractivity contribution in [2.24, 2.45) is 5.92 Å². The zero-order valence-electron chi connectivity index (χ0n) is 15.1. The number of ether oxygens (including phenoxy) is 1. The van der Waals surface area contributed by atoms with E-state index in [0.717, 1.165) is 29.7 Å². The van der Waals surface area contributed by atoms with E-state index in [2.05, 4.69) is 11.0 Å². The van der Waals surface area contributed by atoms with Gasteiger partial charge in [-0.2, -0.15) is 0 Å². The van der Waals surface area contributed by atoms with Gasteiger partial charge in [0, 0.05) is 6.54 Å². The second-order valence-corrected chi connectivity index (χ2v) is 6.88. The van der Waals surface area contributed by atoms with Gasteiger partial charge in [0.25, 0.3) is 0 Å². The van der Waals surface area contributed by atoms with Gasteiger partial charge >= 0.3 is 5.97 Å². The molecule has 26 heavy (non-hydrogen) atoms. The van der Waals surface area contributed by atoms with Crippen LogP contribution in [0, 0.1) is 18.7 Å². The van der Waals surface area contributed by atoms with Crippen LogP contribution in [0.25, 0.3) is 0 Å². The van der Waals surface area contributed by atoms with E-state index < -0.39 is 11.8 Å². The molecule has 2 aromatic rings. The Balaban J connectivity index is 2.02. The van der Waals surface area contributed by atoms with Crippen molar-refractivity contribution >= 4 is 5.97 Å². The Bertz CT molecular complexity index is 793. The maximum absolute atomic E-state index is 14.3. The van der Waals surface area contributed by atoms with Crippen LogP contribution in [-0.2, 0) is 4.79 Å². The number of aryl methyl sites for hydroxylation is 1. The summed E-state index contributed by atoms with van der Waals surface area (Å²) < 4.78 is 19.4. The SMILES string of the molecule is COc1ccc(C(c2cccc(C)c2)N2CCCC(C(=O)O)C2)cc1F. The minimum atomic E-state index is -0.765. The van der Waals surface area contributed by atoms with Crippen LogP contribution in [-0.4, -0.2) is 36.2 Å². The fourth-order valence-corrected chi connectivity index (χ4v) is 3.75. The molecule has 1 aliphatic heterocycles. The monoisotopic (exact) mass is 357 g/mol. The zero-order valence-corrected chi connectivity index (χ0v) is 15.1. The van der Waals surface area contributed by atoms with Crippen molar-refractivity contribution < 1.29 is 19.0 Å². The highest BCUT2D eigenvalue weighted by molar-refractivity contribution is 5.70. The molecule has 2 atom stereocenters. The molecular weight excluding hydrogens is 333 g/mol. The second kappa shape index (κ2) is 7.87. The number of carbonyl (C=O) groups is 1. The Kier molecular flexibility index (Phi) is 5.57. The number of carboxylic acids is 1. The van der Waals surface area contributed by atoms with Gasteiger partial charge in [0.05, 0.1) is 19.1 Å². The predicted octanol–water partition coefficient (Wildman–Crippen LogP) is 4.03. The average Bonchev–Trinajstić information content (AvgIpc) is 2.62. The molecule has 3 rings (SSSR count). The molecule has 0 amide bonds. The van der Waals surface area contributed by atoms with Crippen molar-refractivity contribution in [3.05, 3.63) is 65.0 Å². The van der Waals surface area contributed by atoms with E-state index in [4.69, 9.17) is 4.74 Å². The molecule has 0 spiro atoms. The number of methoxy groups -OCH3 is 1. The Morgan fingerprint density at radius 1 is 1.27 bits per heavy atom. The fraction of sp³-hybridized carbons (Fsp3) is 0.381. The Labute approximate surface area is 153 Å². The van der Waals surface area contributed by atoms with Crippen molar-refractivity contribution in [3.8, 4) is 5.75 Å². The maximum Gasteiger partial charge on any atom is 0.307 e. The minimum absolute atomic E-state index is 0.183. The standard InChI is InChI=1S/C21H24FNO3/c1-14-5-3-6-15(11-14)20(16-8-9-19(26-2)18(22)12-16)23-10-4-7-17(13-23)21(24)25/h3,5-6,8-9,11-12,17,20H,4,7,10,13H2,1-2H3,(H,24,25). The van der Waals surface area contributed by atoms with Crippen LogP contribution in [0.15, 0.2) is 42.5 Å². The molecule has 0 aliphatic carbocycles. The first-order chi connectivity index (χ1) is 12.5. The highest BCUT2D eigenvalue weighted by Crippen LogP contribution is 2.34.